The van der Waals surface area contributed by atoms with Gasteiger partial charge < -0.3 is 19.7 Å². The molecule has 0 aromatic rings. The van der Waals surface area contributed by atoms with Gasteiger partial charge in [0.05, 0.1) is 6.04 Å². The number of methoxy groups -OCH3 is 2. The summed E-state index contributed by atoms with van der Waals surface area (Å²) in [5, 5.41) is 3.43. The molecule has 1 heterocycles. The summed E-state index contributed by atoms with van der Waals surface area (Å²) in [5.41, 5.74) is 0. The van der Waals surface area contributed by atoms with Gasteiger partial charge in [-0.15, -0.1) is 0 Å². The average molecular weight is 230 g/mol. The summed E-state index contributed by atoms with van der Waals surface area (Å²) in [5.74, 6) is 0. The van der Waals surface area contributed by atoms with Crippen LogP contribution in [0.3, 0.4) is 0 Å². The van der Waals surface area contributed by atoms with E-state index in [1.807, 2.05) is 0 Å². The van der Waals surface area contributed by atoms with Gasteiger partial charge in [-0.25, -0.2) is 0 Å². The first kappa shape index (κ1) is 13.9. The Morgan fingerprint density at radius 2 is 1.81 bits per heavy atom. The first-order chi connectivity index (χ1) is 7.77. The van der Waals surface area contributed by atoms with Gasteiger partial charge in [0.2, 0.25) is 0 Å². The molecule has 0 spiro atoms. The third kappa shape index (κ3) is 4.78. The van der Waals surface area contributed by atoms with Crippen LogP contribution in [0.15, 0.2) is 0 Å². The van der Waals surface area contributed by atoms with Crippen molar-refractivity contribution in [1.29, 1.82) is 0 Å². The number of rotatable bonds is 8. The summed E-state index contributed by atoms with van der Waals surface area (Å²) in [4.78, 5) is 2.54. The van der Waals surface area contributed by atoms with Crippen LogP contribution in [0.1, 0.15) is 26.2 Å². The standard InChI is InChI=1S/C12H26N2O2/c1-11(12(15-2)16-3)13-7-6-10-14-8-4-5-9-14/h11-13H,4-10H2,1-3H3. The van der Waals surface area contributed by atoms with E-state index in [2.05, 4.69) is 17.1 Å². The number of ether oxygens (including phenoxy) is 2. The summed E-state index contributed by atoms with van der Waals surface area (Å²) >= 11 is 0. The van der Waals surface area contributed by atoms with E-state index in [1.165, 1.54) is 38.9 Å². The smallest absolute Gasteiger partial charge is 0.171 e. The van der Waals surface area contributed by atoms with Gasteiger partial charge in [-0.2, -0.15) is 0 Å². The third-order valence-corrected chi connectivity index (χ3v) is 3.19. The van der Waals surface area contributed by atoms with E-state index >= 15 is 0 Å². The van der Waals surface area contributed by atoms with Crippen molar-refractivity contribution in [3.63, 3.8) is 0 Å². The minimum absolute atomic E-state index is 0.146. The Morgan fingerprint density at radius 3 is 2.38 bits per heavy atom. The first-order valence-electron chi connectivity index (χ1n) is 6.29. The van der Waals surface area contributed by atoms with E-state index in [9.17, 15) is 0 Å². The summed E-state index contributed by atoms with van der Waals surface area (Å²) < 4.78 is 10.4. The van der Waals surface area contributed by atoms with Gasteiger partial charge in [0.25, 0.3) is 0 Å². The number of likely N-dealkylation sites (tertiary alicyclic amines) is 1. The van der Waals surface area contributed by atoms with Gasteiger partial charge in [-0.05, 0) is 52.4 Å². The summed E-state index contributed by atoms with van der Waals surface area (Å²) in [6, 6.07) is 0.244. The van der Waals surface area contributed by atoms with E-state index < -0.39 is 0 Å². The highest BCUT2D eigenvalue weighted by Crippen LogP contribution is 2.07. The lowest BCUT2D eigenvalue weighted by molar-refractivity contribution is -0.119. The monoisotopic (exact) mass is 230 g/mol. The lowest BCUT2D eigenvalue weighted by Crippen LogP contribution is -2.40. The Kier molecular flexibility index (Phi) is 6.96. The molecule has 1 saturated heterocycles. The number of hydrogen-bond acceptors (Lipinski definition) is 4. The van der Waals surface area contributed by atoms with E-state index in [0.29, 0.717) is 0 Å². The molecule has 1 unspecified atom stereocenters. The maximum atomic E-state index is 5.20. The predicted octanol–water partition coefficient (Wildman–Crippen LogP) is 1.07. The third-order valence-electron chi connectivity index (χ3n) is 3.19. The second-order valence-corrected chi connectivity index (χ2v) is 4.48. The molecule has 1 rings (SSSR count). The second-order valence-electron chi connectivity index (χ2n) is 4.48. The topological polar surface area (TPSA) is 33.7 Å². The maximum Gasteiger partial charge on any atom is 0.171 e. The minimum Gasteiger partial charge on any atom is -0.354 e. The van der Waals surface area contributed by atoms with Crippen LogP contribution in [0.4, 0.5) is 0 Å². The Morgan fingerprint density at radius 1 is 1.19 bits per heavy atom. The van der Waals surface area contributed by atoms with Crippen LogP contribution in [0.2, 0.25) is 0 Å². The highest BCUT2D eigenvalue weighted by Gasteiger charge is 2.15. The van der Waals surface area contributed by atoms with Crippen LogP contribution in [0.5, 0.6) is 0 Å². The van der Waals surface area contributed by atoms with Gasteiger partial charge >= 0.3 is 0 Å². The highest BCUT2D eigenvalue weighted by atomic mass is 16.7. The predicted molar refractivity (Wildman–Crippen MR) is 65.6 cm³/mol. The van der Waals surface area contributed by atoms with Crippen molar-refractivity contribution in [3.8, 4) is 0 Å². The zero-order chi connectivity index (χ0) is 11.8. The fourth-order valence-electron chi connectivity index (χ4n) is 2.24. The van der Waals surface area contributed by atoms with Gasteiger partial charge in [-0.1, -0.05) is 0 Å². The van der Waals surface area contributed by atoms with E-state index in [-0.39, 0.29) is 12.3 Å². The number of nitrogens with one attached hydrogen (secondary N) is 1. The van der Waals surface area contributed by atoms with Crippen LogP contribution >= 0.6 is 0 Å². The normalized spacial score (nSPS) is 19.5. The molecule has 1 atom stereocenters. The van der Waals surface area contributed by atoms with Gasteiger partial charge in [-0.3, -0.25) is 0 Å². The molecule has 1 aliphatic heterocycles. The van der Waals surface area contributed by atoms with E-state index in [4.69, 9.17) is 9.47 Å². The van der Waals surface area contributed by atoms with Crippen molar-refractivity contribution >= 4 is 0 Å². The van der Waals surface area contributed by atoms with Gasteiger partial charge in [0.15, 0.2) is 6.29 Å². The summed E-state index contributed by atoms with van der Waals surface area (Å²) in [7, 11) is 3.35. The van der Waals surface area contributed by atoms with Crippen molar-refractivity contribution < 1.29 is 9.47 Å². The van der Waals surface area contributed by atoms with Crippen LogP contribution in [-0.4, -0.2) is 57.6 Å². The van der Waals surface area contributed by atoms with Crippen molar-refractivity contribution in [1.82, 2.24) is 10.2 Å². The Hall–Kier alpha value is -0.160. The molecule has 0 aliphatic carbocycles. The summed E-state index contributed by atoms with van der Waals surface area (Å²) in [6.07, 6.45) is 3.80. The van der Waals surface area contributed by atoms with Gasteiger partial charge in [0.1, 0.15) is 0 Å². The zero-order valence-electron chi connectivity index (χ0n) is 10.9. The molecule has 1 fully saturated rings. The molecule has 16 heavy (non-hydrogen) atoms. The van der Waals surface area contributed by atoms with Crippen LogP contribution < -0.4 is 5.32 Å². The van der Waals surface area contributed by atoms with Crippen LogP contribution in [0, 0.1) is 0 Å². The summed E-state index contributed by atoms with van der Waals surface area (Å²) in [6.45, 7) is 6.90. The molecule has 0 bridgehead atoms. The Balaban J connectivity index is 2.00. The Labute approximate surface area is 99.3 Å². The zero-order valence-corrected chi connectivity index (χ0v) is 10.9. The molecule has 1 aliphatic rings. The maximum absolute atomic E-state index is 5.20. The molecule has 0 radical (unpaired) electrons. The highest BCUT2D eigenvalue weighted by molar-refractivity contribution is 4.68. The van der Waals surface area contributed by atoms with Crippen LogP contribution in [-0.2, 0) is 9.47 Å². The quantitative estimate of drug-likeness (QED) is 0.499. The van der Waals surface area contributed by atoms with E-state index in [0.717, 1.165) is 6.54 Å². The largest absolute Gasteiger partial charge is 0.354 e. The molecule has 96 valence electrons. The molecular formula is C12H26N2O2. The molecule has 0 aromatic heterocycles. The minimum atomic E-state index is -0.146. The lowest BCUT2D eigenvalue weighted by atomic mass is 10.3. The molecule has 0 saturated carbocycles. The Bertz CT molecular complexity index is 168. The number of nitrogens with zero attached hydrogens (tertiary/aromatic N) is 1. The first-order valence-corrected chi connectivity index (χ1v) is 6.29. The SMILES string of the molecule is COC(OC)C(C)NCCCN1CCCC1. The number of hydrogen-bond donors (Lipinski definition) is 1. The van der Waals surface area contributed by atoms with E-state index in [1.54, 1.807) is 14.2 Å². The molecule has 4 nitrogen and oxygen atoms in total. The van der Waals surface area contributed by atoms with Crippen LogP contribution in [0.25, 0.3) is 0 Å². The fourth-order valence-corrected chi connectivity index (χ4v) is 2.24. The van der Waals surface area contributed by atoms with Crippen molar-refractivity contribution in [2.24, 2.45) is 0 Å². The molecule has 4 heteroatoms. The molecule has 0 amide bonds. The molecule has 0 aromatic carbocycles. The molecular weight excluding hydrogens is 204 g/mol. The fraction of sp³-hybridized carbons (Fsp3) is 1.00. The second kappa shape index (κ2) is 8.01. The average Bonchev–Trinajstić information content (AvgIpc) is 2.79. The van der Waals surface area contributed by atoms with Crippen molar-refractivity contribution in [3.05, 3.63) is 0 Å². The van der Waals surface area contributed by atoms with Crippen molar-refractivity contribution in [2.75, 3.05) is 40.4 Å². The van der Waals surface area contributed by atoms with Crippen molar-refractivity contribution in [2.45, 2.75) is 38.5 Å². The lowest BCUT2D eigenvalue weighted by Gasteiger charge is -2.22. The molecule has 1 N–H and O–H groups in total. The van der Waals surface area contributed by atoms with Gasteiger partial charge in [0, 0.05) is 14.2 Å².